The van der Waals surface area contributed by atoms with Crippen molar-refractivity contribution in [2.75, 3.05) is 22.6 Å². The standard InChI is InChI=1S/C19H17N5O/c1-24(15-5-3-2-4-6-15)18-11-17(20-12-21-18)22-14-8-7-13-9-19(25)23-16(13)10-14/h2-8,10-12H,9H2,1H3,(H,23,25)(H,20,21,22). The zero-order chi connectivity index (χ0) is 17.2. The molecule has 0 fully saturated rings. The zero-order valence-electron chi connectivity index (χ0n) is 13.7. The number of amides is 1. The lowest BCUT2D eigenvalue weighted by atomic mass is 10.1. The molecule has 0 spiro atoms. The van der Waals surface area contributed by atoms with Crippen LogP contribution in [0.1, 0.15) is 5.56 Å². The van der Waals surface area contributed by atoms with Crippen LogP contribution in [0.3, 0.4) is 0 Å². The lowest BCUT2D eigenvalue weighted by Crippen LogP contribution is -2.11. The van der Waals surface area contributed by atoms with Crippen molar-refractivity contribution in [1.82, 2.24) is 9.97 Å². The van der Waals surface area contributed by atoms with E-state index in [4.69, 9.17) is 0 Å². The molecule has 2 aromatic carbocycles. The first kappa shape index (κ1) is 15.1. The van der Waals surface area contributed by atoms with Gasteiger partial charge in [0, 0.05) is 30.2 Å². The number of fused-ring (bicyclic) bond motifs is 1. The molecule has 6 nitrogen and oxygen atoms in total. The second-order valence-electron chi connectivity index (χ2n) is 5.88. The van der Waals surface area contributed by atoms with Crippen LogP contribution in [0.5, 0.6) is 0 Å². The van der Waals surface area contributed by atoms with E-state index < -0.39 is 0 Å². The second kappa shape index (κ2) is 6.24. The van der Waals surface area contributed by atoms with Gasteiger partial charge < -0.3 is 15.5 Å². The van der Waals surface area contributed by atoms with Gasteiger partial charge >= 0.3 is 0 Å². The molecule has 0 saturated carbocycles. The molecule has 124 valence electrons. The fourth-order valence-electron chi connectivity index (χ4n) is 2.82. The summed E-state index contributed by atoms with van der Waals surface area (Å²) in [6, 6.07) is 17.7. The van der Waals surface area contributed by atoms with E-state index in [1.54, 1.807) is 0 Å². The Hall–Kier alpha value is -3.41. The van der Waals surface area contributed by atoms with E-state index in [2.05, 4.69) is 20.6 Å². The smallest absolute Gasteiger partial charge is 0.228 e. The highest BCUT2D eigenvalue weighted by atomic mass is 16.1. The maximum atomic E-state index is 11.5. The van der Waals surface area contributed by atoms with Gasteiger partial charge in [-0.3, -0.25) is 4.79 Å². The van der Waals surface area contributed by atoms with E-state index in [-0.39, 0.29) is 5.91 Å². The summed E-state index contributed by atoms with van der Waals surface area (Å²) < 4.78 is 0. The zero-order valence-corrected chi connectivity index (χ0v) is 13.7. The predicted molar refractivity (Wildman–Crippen MR) is 98.6 cm³/mol. The summed E-state index contributed by atoms with van der Waals surface area (Å²) in [4.78, 5) is 22.1. The van der Waals surface area contributed by atoms with Gasteiger partial charge in [-0.2, -0.15) is 0 Å². The molecule has 1 amide bonds. The number of carbonyl (C=O) groups is 1. The molecule has 0 radical (unpaired) electrons. The Morgan fingerprint density at radius 3 is 2.76 bits per heavy atom. The van der Waals surface area contributed by atoms with Gasteiger partial charge in [0.2, 0.25) is 5.91 Å². The van der Waals surface area contributed by atoms with Crippen LogP contribution in [0.25, 0.3) is 0 Å². The fourth-order valence-corrected chi connectivity index (χ4v) is 2.82. The van der Waals surface area contributed by atoms with E-state index in [1.807, 2.05) is 66.5 Å². The fraction of sp³-hybridized carbons (Fsp3) is 0.105. The van der Waals surface area contributed by atoms with Crippen molar-refractivity contribution in [3.8, 4) is 0 Å². The average molecular weight is 331 g/mol. The molecule has 0 aliphatic carbocycles. The van der Waals surface area contributed by atoms with Crippen LogP contribution in [0.2, 0.25) is 0 Å². The second-order valence-corrected chi connectivity index (χ2v) is 5.88. The summed E-state index contributed by atoms with van der Waals surface area (Å²) >= 11 is 0. The molecular weight excluding hydrogens is 314 g/mol. The summed E-state index contributed by atoms with van der Waals surface area (Å²) in [6.45, 7) is 0. The molecule has 4 rings (SSSR count). The minimum Gasteiger partial charge on any atom is -0.340 e. The Morgan fingerprint density at radius 2 is 1.92 bits per heavy atom. The quantitative estimate of drug-likeness (QED) is 0.766. The largest absolute Gasteiger partial charge is 0.340 e. The van der Waals surface area contributed by atoms with Crippen LogP contribution >= 0.6 is 0 Å². The summed E-state index contributed by atoms with van der Waals surface area (Å²) in [6.07, 6.45) is 1.97. The summed E-state index contributed by atoms with van der Waals surface area (Å²) in [5.74, 6) is 1.51. The van der Waals surface area contributed by atoms with Gasteiger partial charge in [-0.25, -0.2) is 9.97 Å². The summed E-state index contributed by atoms with van der Waals surface area (Å²) in [5, 5.41) is 6.12. The van der Waals surface area contributed by atoms with Crippen LogP contribution < -0.4 is 15.5 Å². The first-order chi connectivity index (χ1) is 12.2. The number of nitrogens with zero attached hydrogens (tertiary/aromatic N) is 3. The van der Waals surface area contributed by atoms with Crippen molar-refractivity contribution in [1.29, 1.82) is 0 Å². The van der Waals surface area contributed by atoms with Gasteiger partial charge in [-0.05, 0) is 29.8 Å². The lowest BCUT2D eigenvalue weighted by Gasteiger charge is -2.18. The lowest BCUT2D eigenvalue weighted by molar-refractivity contribution is -0.115. The Labute approximate surface area is 145 Å². The summed E-state index contributed by atoms with van der Waals surface area (Å²) in [5.41, 5.74) is 3.79. The Morgan fingerprint density at radius 1 is 1.08 bits per heavy atom. The molecule has 2 N–H and O–H groups in total. The van der Waals surface area contributed by atoms with Crippen LogP contribution in [0, 0.1) is 0 Å². The van der Waals surface area contributed by atoms with Crippen molar-refractivity contribution in [3.05, 3.63) is 66.5 Å². The SMILES string of the molecule is CN(c1ccccc1)c1cc(Nc2ccc3c(c2)NC(=O)C3)ncn1. The Balaban J connectivity index is 1.56. The average Bonchev–Trinajstić information content (AvgIpc) is 3.01. The number of rotatable bonds is 4. The molecule has 25 heavy (non-hydrogen) atoms. The van der Waals surface area contributed by atoms with Crippen molar-refractivity contribution in [3.63, 3.8) is 0 Å². The first-order valence-corrected chi connectivity index (χ1v) is 8.00. The van der Waals surface area contributed by atoms with Crippen molar-refractivity contribution in [2.45, 2.75) is 6.42 Å². The van der Waals surface area contributed by atoms with E-state index >= 15 is 0 Å². The number of hydrogen-bond donors (Lipinski definition) is 2. The monoisotopic (exact) mass is 331 g/mol. The maximum Gasteiger partial charge on any atom is 0.228 e. The van der Waals surface area contributed by atoms with Crippen molar-refractivity contribution >= 4 is 34.6 Å². The molecule has 0 bridgehead atoms. The molecule has 0 saturated heterocycles. The maximum absolute atomic E-state index is 11.5. The molecule has 6 heteroatoms. The number of para-hydroxylation sites is 1. The molecule has 1 aliphatic heterocycles. The van der Waals surface area contributed by atoms with Crippen LogP contribution in [-0.2, 0) is 11.2 Å². The minimum absolute atomic E-state index is 0.0287. The number of anilines is 5. The van der Waals surface area contributed by atoms with Crippen LogP contribution in [0.15, 0.2) is 60.9 Å². The Bertz CT molecular complexity index is 926. The van der Waals surface area contributed by atoms with Gasteiger partial charge in [-0.15, -0.1) is 0 Å². The van der Waals surface area contributed by atoms with E-state index in [1.165, 1.54) is 6.33 Å². The molecule has 3 aromatic rings. The van der Waals surface area contributed by atoms with Crippen molar-refractivity contribution < 1.29 is 4.79 Å². The third kappa shape index (κ3) is 3.14. The van der Waals surface area contributed by atoms with Gasteiger partial charge in [-0.1, -0.05) is 24.3 Å². The van der Waals surface area contributed by atoms with E-state index in [0.717, 1.165) is 28.4 Å². The van der Waals surface area contributed by atoms with Gasteiger partial charge in [0.05, 0.1) is 6.42 Å². The molecule has 0 unspecified atom stereocenters. The molecule has 1 aromatic heterocycles. The minimum atomic E-state index is 0.0287. The topological polar surface area (TPSA) is 70.2 Å². The third-order valence-corrected chi connectivity index (χ3v) is 4.15. The predicted octanol–water partition coefficient (Wildman–Crippen LogP) is 3.48. The third-order valence-electron chi connectivity index (χ3n) is 4.15. The number of hydrogen-bond acceptors (Lipinski definition) is 5. The van der Waals surface area contributed by atoms with E-state index in [0.29, 0.717) is 12.2 Å². The van der Waals surface area contributed by atoms with Crippen LogP contribution in [-0.4, -0.2) is 22.9 Å². The molecule has 0 atom stereocenters. The van der Waals surface area contributed by atoms with Gasteiger partial charge in [0.25, 0.3) is 0 Å². The summed E-state index contributed by atoms with van der Waals surface area (Å²) in [7, 11) is 1.96. The molecular formula is C19H17N5O. The normalized spacial score (nSPS) is 12.4. The highest BCUT2D eigenvalue weighted by Gasteiger charge is 2.17. The van der Waals surface area contributed by atoms with Crippen LogP contribution in [0.4, 0.5) is 28.7 Å². The van der Waals surface area contributed by atoms with Gasteiger partial charge in [0.1, 0.15) is 18.0 Å². The number of nitrogens with one attached hydrogen (secondary N) is 2. The first-order valence-electron chi connectivity index (χ1n) is 8.00. The number of carbonyl (C=O) groups excluding carboxylic acids is 1. The highest BCUT2D eigenvalue weighted by Crippen LogP contribution is 2.28. The Kier molecular flexibility index (Phi) is 3.78. The molecule has 2 heterocycles. The van der Waals surface area contributed by atoms with Gasteiger partial charge in [0.15, 0.2) is 0 Å². The van der Waals surface area contributed by atoms with E-state index in [9.17, 15) is 4.79 Å². The highest BCUT2D eigenvalue weighted by molar-refractivity contribution is 5.99. The number of benzene rings is 2. The van der Waals surface area contributed by atoms with Crippen molar-refractivity contribution in [2.24, 2.45) is 0 Å². The number of aromatic nitrogens is 2. The molecule has 1 aliphatic rings.